The minimum absolute atomic E-state index is 0.153. The van der Waals surface area contributed by atoms with Crippen molar-refractivity contribution in [3.05, 3.63) is 23.8 Å². The summed E-state index contributed by atoms with van der Waals surface area (Å²) in [6, 6.07) is 5.76. The molecular weight excluding hydrogens is 310 g/mol. The highest BCUT2D eigenvalue weighted by Crippen LogP contribution is 2.54. The molecule has 24 heavy (non-hydrogen) atoms. The first-order valence-electron chi connectivity index (χ1n) is 8.23. The number of hydrogen-bond donors (Lipinski definition) is 1. The van der Waals surface area contributed by atoms with Crippen molar-refractivity contribution >= 4 is 17.6 Å². The number of esters is 2. The highest BCUT2D eigenvalue weighted by atomic mass is 16.6. The summed E-state index contributed by atoms with van der Waals surface area (Å²) in [6.07, 6.45) is 0.436. The Labute approximate surface area is 142 Å². The normalized spacial score (nSPS) is 17.8. The Kier molecular flexibility index (Phi) is 5.70. The van der Waals surface area contributed by atoms with E-state index in [1.807, 2.05) is 25.1 Å². The monoisotopic (exact) mass is 335 g/mol. The molecule has 1 aromatic rings. The van der Waals surface area contributed by atoms with Gasteiger partial charge in [0, 0.05) is 12.5 Å². The van der Waals surface area contributed by atoms with Crippen molar-refractivity contribution in [1.29, 1.82) is 0 Å². The average molecular weight is 335 g/mol. The number of nitrogens with one attached hydrogen (secondary N) is 1. The van der Waals surface area contributed by atoms with Crippen molar-refractivity contribution in [2.75, 3.05) is 32.2 Å². The third-order valence-corrected chi connectivity index (χ3v) is 4.36. The Morgan fingerprint density at radius 1 is 1.21 bits per heavy atom. The van der Waals surface area contributed by atoms with Crippen molar-refractivity contribution in [3.8, 4) is 5.75 Å². The van der Waals surface area contributed by atoms with Crippen LogP contribution in [0.15, 0.2) is 18.2 Å². The number of para-hydroxylation sites is 1. The lowest BCUT2D eigenvalue weighted by Gasteiger charge is -2.17. The van der Waals surface area contributed by atoms with Gasteiger partial charge in [-0.05, 0) is 38.8 Å². The van der Waals surface area contributed by atoms with Gasteiger partial charge in [0.15, 0.2) is 5.41 Å². The zero-order chi connectivity index (χ0) is 17.7. The number of aryl methyl sites for hydroxylation is 1. The van der Waals surface area contributed by atoms with E-state index < -0.39 is 17.4 Å². The highest BCUT2D eigenvalue weighted by molar-refractivity contribution is 6.04. The lowest BCUT2D eigenvalue weighted by atomic mass is 10.0. The van der Waals surface area contributed by atoms with Crippen LogP contribution in [0.2, 0.25) is 0 Å². The number of rotatable bonds is 8. The second-order valence-electron chi connectivity index (χ2n) is 5.85. The van der Waals surface area contributed by atoms with E-state index in [0.29, 0.717) is 13.0 Å². The molecule has 132 valence electrons. The van der Waals surface area contributed by atoms with Crippen molar-refractivity contribution in [3.63, 3.8) is 0 Å². The molecule has 0 radical (unpaired) electrons. The zero-order valence-corrected chi connectivity index (χ0v) is 14.7. The van der Waals surface area contributed by atoms with Gasteiger partial charge in [0.1, 0.15) is 5.75 Å². The van der Waals surface area contributed by atoms with E-state index in [2.05, 4.69) is 5.32 Å². The SMILES string of the molecule is CCOC(=O)C1(C(=O)OCC)C[C@@H]1CNc1c(C)cccc1OC. The number of hydrogen-bond acceptors (Lipinski definition) is 6. The topological polar surface area (TPSA) is 73.9 Å². The molecule has 0 heterocycles. The van der Waals surface area contributed by atoms with Crippen LogP contribution in [-0.2, 0) is 19.1 Å². The summed E-state index contributed by atoms with van der Waals surface area (Å²) in [6.45, 7) is 6.38. The molecule has 0 spiro atoms. The summed E-state index contributed by atoms with van der Waals surface area (Å²) < 4.78 is 15.5. The number of anilines is 1. The zero-order valence-electron chi connectivity index (χ0n) is 14.7. The van der Waals surface area contributed by atoms with Gasteiger partial charge in [0.05, 0.1) is 26.0 Å². The summed E-state index contributed by atoms with van der Waals surface area (Å²) >= 11 is 0. The van der Waals surface area contributed by atoms with Crippen molar-refractivity contribution in [1.82, 2.24) is 0 Å². The average Bonchev–Trinajstić information content (AvgIpc) is 3.29. The number of carbonyl (C=O) groups excluding carboxylic acids is 2. The summed E-state index contributed by atoms with van der Waals surface area (Å²) in [5.41, 5.74) is 0.732. The van der Waals surface area contributed by atoms with E-state index in [9.17, 15) is 9.59 Å². The van der Waals surface area contributed by atoms with Gasteiger partial charge in [0.2, 0.25) is 0 Å². The first kappa shape index (κ1) is 18.1. The Morgan fingerprint density at radius 3 is 2.38 bits per heavy atom. The van der Waals surface area contributed by atoms with E-state index >= 15 is 0 Å². The van der Waals surface area contributed by atoms with Crippen LogP contribution < -0.4 is 10.1 Å². The van der Waals surface area contributed by atoms with E-state index in [0.717, 1.165) is 17.0 Å². The van der Waals surface area contributed by atoms with Gasteiger partial charge in [0.25, 0.3) is 0 Å². The fourth-order valence-corrected chi connectivity index (χ4v) is 2.94. The predicted octanol–water partition coefficient (Wildman–Crippen LogP) is 2.55. The standard InChI is InChI=1S/C18H25NO5/c1-5-23-16(20)18(17(21)24-6-2)10-13(18)11-19-15-12(3)8-7-9-14(15)22-4/h7-9,13,19H,5-6,10-11H2,1-4H3/t13-/m1/s1. The van der Waals surface area contributed by atoms with E-state index in [1.165, 1.54) is 0 Å². The summed E-state index contributed by atoms with van der Waals surface area (Å²) in [5.74, 6) is -0.410. The third-order valence-electron chi connectivity index (χ3n) is 4.36. The van der Waals surface area contributed by atoms with Crippen molar-refractivity contribution in [2.45, 2.75) is 27.2 Å². The first-order chi connectivity index (χ1) is 11.5. The summed E-state index contributed by atoms with van der Waals surface area (Å²) in [7, 11) is 1.61. The molecule has 0 saturated heterocycles. The molecule has 6 heteroatoms. The van der Waals surface area contributed by atoms with Gasteiger partial charge in [-0.25, -0.2) is 0 Å². The van der Waals surface area contributed by atoms with E-state index in [1.54, 1.807) is 21.0 Å². The molecule has 1 aliphatic carbocycles. The molecule has 1 aromatic carbocycles. The van der Waals surface area contributed by atoms with Gasteiger partial charge >= 0.3 is 11.9 Å². The van der Waals surface area contributed by atoms with Crippen LogP contribution in [0.3, 0.4) is 0 Å². The molecule has 2 rings (SSSR count). The minimum Gasteiger partial charge on any atom is -0.495 e. The summed E-state index contributed by atoms with van der Waals surface area (Å²) in [4.78, 5) is 24.6. The Hall–Kier alpha value is -2.24. The van der Waals surface area contributed by atoms with Gasteiger partial charge in [-0.2, -0.15) is 0 Å². The lowest BCUT2D eigenvalue weighted by molar-refractivity contribution is -0.164. The fourth-order valence-electron chi connectivity index (χ4n) is 2.94. The molecule has 6 nitrogen and oxygen atoms in total. The van der Waals surface area contributed by atoms with Crippen LogP contribution in [0.1, 0.15) is 25.8 Å². The predicted molar refractivity (Wildman–Crippen MR) is 90.0 cm³/mol. The number of methoxy groups -OCH3 is 1. The van der Waals surface area contributed by atoms with Crippen LogP contribution in [0.5, 0.6) is 5.75 Å². The van der Waals surface area contributed by atoms with E-state index in [-0.39, 0.29) is 19.1 Å². The second kappa shape index (κ2) is 7.55. The smallest absolute Gasteiger partial charge is 0.323 e. The van der Waals surface area contributed by atoms with Gasteiger partial charge in [-0.1, -0.05) is 12.1 Å². The molecule has 1 N–H and O–H groups in total. The molecule has 1 fully saturated rings. The van der Waals surface area contributed by atoms with Gasteiger partial charge < -0.3 is 19.5 Å². The van der Waals surface area contributed by atoms with Crippen LogP contribution >= 0.6 is 0 Å². The largest absolute Gasteiger partial charge is 0.495 e. The fraction of sp³-hybridized carbons (Fsp3) is 0.556. The molecule has 1 aliphatic rings. The molecule has 0 aromatic heterocycles. The molecule has 0 amide bonds. The number of ether oxygens (including phenoxy) is 3. The highest BCUT2D eigenvalue weighted by Gasteiger charge is 2.67. The van der Waals surface area contributed by atoms with Gasteiger partial charge in [-0.15, -0.1) is 0 Å². The van der Waals surface area contributed by atoms with Crippen LogP contribution in [0.25, 0.3) is 0 Å². The number of carbonyl (C=O) groups is 2. The van der Waals surface area contributed by atoms with Crippen molar-refractivity contribution in [2.24, 2.45) is 11.3 Å². The second-order valence-corrected chi connectivity index (χ2v) is 5.85. The Morgan fingerprint density at radius 2 is 1.83 bits per heavy atom. The molecule has 0 aliphatic heterocycles. The Bertz CT molecular complexity index is 595. The molecule has 0 unspecified atom stereocenters. The first-order valence-corrected chi connectivity index (χ1v) is 8.23. The number of benzene rings is 1. The third kappa shape index (κ3) is 3.32. The maximum Gasteiger partial charge on any atom is 0.323 e. The molecule has 1 saturated carbocycles. The Balaban J connectivity index is 2.11. The van der Waals surface area contributed by atoms with Crippen LogP contribution in [-0.4, -0.2) is 38.8 Å². The molecule has 0 bridgehead atoms. The summed E-state index contributed by atoms with van der Waals surface area (Å²) in [5, 5.41) is 3.30. The molecule has 1 atom stereocenters. The van der Waals surface area contributed by atoms with Crippen LogP contribution in [0, 0.1) is 18.3 Å². The van der Waals surface area contributed by atoms with Crippen molar-refractivity contribution < 1.29 is 23.8 Å². The quantitative estimate of drug-likeness (QED) is 0.581. The maximum atomic E-state index is 12.3. The molecular formula is C18H25NO5. The van der Waals surface area contributed by atoms with Gasteiger partial charge in [-0.3, -0.25) is 9.59 Å². The minimum atomic E-state index is -1.17. The van der Waals surface area contributed by atoms with Crippen LogP contribution in [0.4, 0.5) is 5.69 Å². The van der Waals surface area contributed by atoms with E-state index in [4.69, 9.17) is 14.2 Å². The maximum absolute atomic E-state index is 12.3. The lowest BCUT2D eigenvalue weighted by Crippen LogP contribution is -2.33.